The summed E-state index contributed by atoms with van der Waals surface area (Å²) in [5.41, 5.74) is 7.10. The largest absolute Gasteiger partial charge is 0.336 e. The van der Waals surface area contributed by atoms with Crippen molar-refractivity contribution in [3.8, 4) is 11.1 Å². The molecule has 0 N–H and O–H groups in total. The molecule has 5 nitrogen and oxygen atoms in total. The number of nitrogens with zero attached hydrogens (tertiary/aromatic N) is 2. The van der Waals surface area contributed by atoms with E-state index < -0.39 is 6.04 Å². The number of rotatable bonds is 3. The summed E-state index contributed by atoms with van der Waals surface area (Å²) in [7, 11) is 0. The van der Waals surface area contributed by atoms with Gasteiger partial charge in [0.05, 0.1) is 6.54 Å². The van der Waals surface area contributed by atoms with Crippen LogP contribution in [0.4, 0.5) is 0 Å². The Kier molecular flexibility index (Phi) is 5.78. The van der Waals surface area contributed by atoms with E-state index in [2.05, 4.69) is 25.1 Å². The van der Waals surface area contributed by atoms with Crippen LogP contribution < -0.4 is 0 Å². The maximum absolute atomic E-state index is 13.5. The van der Waals surface area contributed by atoms with Gasteiger partial charge in [-0.3, -0.25) is 14.4 Å². The summed E-state index contributed by atoms with van der Waals surface area (Å²) in [5, 5.41) is 0. The van der Waals surface area contributed by atoms with Crippen LogP contribution in [0.3, 0.4) is 0 Å². The van der Waals surface area contributed by atoms with E-state index in [0.717, 1.165) is 28.7 Å². The third-order valence-corrected chi connectivity index (χ3v) is 7.05. The number of amides is 2. The zero-order valence-electron chi connectivity index (χ0n) is 19.6. The van der Waals surface area contributed by atoms with Gasteiger partial charge in [-0.25, -0.2) is 0 Å². The van der Waals surface area contributed by atoms with E-state index in [4.69, 9.17) is 0 Å². The number of fused-ring (bicyclic) bond motifs is 1. The molecule has 172 valence electrons. The summed E-state index contributed by atoms with van der Waals surface area (Å²) in [6.07, 6.45) is 0.874. The van der Waals surface area contributed by atoms with Gasteiger partial charge in [-0.05, 0) is 59.7 Å². The fourth-order valence-electron chi connectivity index (χ4n) is 5.14. The standard InChI is InChI=1S/C29H28N2O3/c1-19-7-3-6-10-25(19)22-11-12-26(20(2)15-22)28(33)31-18-24(32)16-27(31)29(34)30-14-13-21-8-4-5-9-23(21)17-30/h3-12,15,27H,13-14,16-18H2,1-2H3. The molecule has 1 saturated heterocycles. The quantitative estimate of drug-likeness (QED) is 0.594. The van der Waals surface area contributed by atoms with Crippen LogP contribution in [0, 0.1) is 13.8 Å². The molecule has 2 aliphatic heterocycles. The zero-order valence-corrected chi connectivity index (χ0v) is 19.6. The Balaban J connectivity index is 1.38. The van der Waals surface area contributed by atoms with Crippen molar-refractivity contribution in [3.63, 3.8) is 0 Å². The van der Waals surface area contributed by atoms with Crippen LogP contribution in [-0.2, 0) is 22.6 Å². The number of ketones is 1. The second-order valence-electron chi connectivity index (χ2n) is 9.31. The maximum Gasteiger partial charge on any atom is 0.255 e. The average Bonchev–Trinajstić information content (AvgIpc) is 3.24. The first-order valence-corrected chi connectivity index (χ1v) is 11.8. The van der Waals surface area contributed by atoms with E-state index in [9.17, 15) is 14.4 Å². The van der Waals surface area contributed by atoms with Crippen LogP contribution in [0.15, 0.2) is 66.7 Å². The second kappa shape index (κ2) is 8.90. The van der Waals surface area contributed by atoms with E-state index in [0.29, 0.717) is 18.7 Å². The lowest BCUT2D eigenvalue weighted by Crippen LogP contribution is -2.49. The van der Waals surface area contributed by atoms with Crippen molar-refractivity contribution in [3.05, 3.63) is 94.5 Å². The number of carbonyl (C=O) groups excluding carboxylic acids is 3. The first kappa shape index (κ1) is 22.1. The third-order valence-electron chi connectivity index (χ3n) is 7.05. The van der Waals surface area contributed by atoms with Crippen molar-refractivity contribution in [2.24, 2.45) is 0 Å². The Labute approximate surface area is 200 Å². The molecule has 0 aromatic heterocycles. The van der Waals surface area contributed by atoms with Gasteiger partial charge >= 0.3 is 0 Å². The predicted octanol–water partition coefficient (Wildman–Crippen LogP) is 4.34. The Bertz CT molecular complexity index is 1300. The zero-order chi connectivity index (χ0) is 23.8. The molecule has 34 heavy (non-hydrogen) atoms. The molecule has 1 unspecified atom stereocenters. The fraction of sp³-hybridized carbons (Fsp3) is 0.276. The highest BCUT2D eigenvalue weighted by Gasteiger charge is 2.41. The van der Waals surface area contributed by atoms with Gasteiger partial charge in [-0.15, -0.1) is 0 Å². The van der Waals surface area contributed by atoms with E-state index in [1.807, 2.05) is 55.5 Å². The smallest absolute Gasteiger partial charge is 0.255 e. The SMILES string of the molecule is Cc1cc(-c2ccccc2C)ccc1C(=O)N1CC(=O)CC1C(=O)N1CCc2ccccc2C1. The minimum Gasteiger partial charge on any atom is -0.336 e. The lowest BCUT2D eigenvalue weighted by molar-refractivity contribution is -0.136. The van der Waals surface area contributed by atoms with Crippen LogP contribution in [-0.4, -0.2) is 46.5 Å². The van der Waals surface area contributed by atoms with Crippen LogP contribution >= 0.6 is 0 Å². The number of benzene rings is 3. The molecule has 1 atom stereocenters. The van der Waals surface area contributed by atoms with Gasteiger partial charge in [0.15, 0.2) is 5.78 Å². The highest BCUT2D eigenvalue weighted by Crippen LogP contribution is 2.28. The third kappa shape index (κ3) is 4.03. The van der Waals surface area contributed by atoms with Crippen molar-refractivity contribution < 1.29 is 14.4 Å². The molecule has 5 rings (SSSR count). The average molecular weight is 453 g/mol. The summed E-state index contributed by atoms with van der Waals surface area (Å²) in [6.45, 7) is 5.08. The van der Waals surface area contributed by atoms with E-state index in [1.54, 1.807) is 4.90 Å². The van der Waals surface area contributed by atoms with E-state index in [1.165, 1.54) is 16.0 Å². The molecular weight excluding hydrogens is 424 g/mol. The summed E-state index contributed by atoms with van der Waals surface area (Å²) in [6, 6.07) is 21.3. The Morgan fingerprint density at radius 3 is 2.35 bits per heavy atom. The molecule has 1 fully saturated rings. The number of aryl methyl sites for hydroxylation is 2. The summed E-state index contributed by atoms with van der Waals surface area (Å²) in [5.74, 6) is -0.461. The first-order chi connectivity index (χ1) is 16.4. The summed E-state index contributed by atoms with van der Waals surface area (Å²) >= 11 is 0. The number of carbonyl (C=O) groups is 3. The lowest BCUT2D eigenvalue weighted by atomic mass is 9.96. The fourth-order valence-corrected chi connectivity index (χ4v) is 5.14. The highest BCUT2D eigenvalue weighted by molar-refractivity contribution is 6.05. The number of likely N-dealkylation sites (tertiary alicyclic amines) is 1. The molecule has 2 heterocycles. The van der Waals surface area contributed by atoms with Gasteiger partial charge in [0, 0.05) is 25.1 Å². The highest BCUT2D eigenvalue weighted by atomic mass is 16.2. The van der Waals surface area contributed by atoms with Crippen LogP contribution in [0.25, 0.3) is 11.1 Å². The Morgan fingerprint density at radius 2 is 1.59 bits per heavy atom. The van der Waals surface area contributed by atoms with Crippen molar-refractivity contribution in [1.82, 2.24) is 9.80 Å². The molecule has 0 spiro atoms. The number of hydrogen-bond acceptors (Lipinski definition) is 3. The maximum atomic E-state index is 13.5. The van der Waals surface area contributed by atoms with E-state index in [-0.39, 0.29) is 30.6 Å². The van der Waals surface area contributed by atoms with Gasteiger partial charge in [-0.1, -0.05) is 60.7 Å². The Morgan fingerprint density at radius 1 is 0.853 bits per heavy atom. The van der Waals surface area contributed by atoms with Crippen molar-refractivity contribution >= 4 is 17.6 Å². The molecule has 0 aliphatic carbocycles. The minimum absolute atomic E-state index is 0.0152. The topological polar surface area (TPSA) is 57.7 Å². The predicted molar refractivity (Wildman–Crippen MR) is 131 cm³/mol. The van der Waals surface area contributed by atoms with Crippen LogP contribution in [0.5, 0.6) is 0 Å². The van der Waals surface area contributed by atoms with Crippen LogP contribution in [0.2, 0.25) is 0 Å². The molecule has 0 bridgehead atoms. The monoisotopic (exact) mass is 452 g/mol. The summed E-state index contributed by atoms with van der Waals surface area (Å²) in [4.78, 5) is 42.6. The molecule has 3 aromatic carbocycles. The number of hydrogen-bond donors (Lipinski definition) is 0. The molecule has 0 radical (unpaired) electrons. The van der Waals surface area contributed by atoms with Gasteiger partial charge in [0.1, 0.15) is 6.04 Å². The second-order valence-corrected chi connectivity index (χ2v) is 9.31. The Hall–Kier alpha value is -3.73. The molecule has 2 amide bonds. The molecular formula is C29H28N2O3. The molecule has 0 saturated carbocycles. The number of Topliss-reactive ketones (excluding diaryl/α,β-unsaturated/α-hetero) is 1. The van der Waals surface area contributed by atoms with Gasteiger partial charge in [0.2, 0.25) is 5.91 Å². The molecule has 5 heteroatoms. The van der Waals surface area contributed by atoms with Gasteiger partial charge in [0.25, 0.3) is 5.91 Å². The van der Waals surface area contributed by atoms with Crippen molar-refractivity contribution in [2.45, 2.75) is 39.3 Å². The van der Waals surface area contributed by atoms with Crippen LogP contribution in [0.1, 0.15) is 39.0 Å². The van der Waals surface area contributed by atoms with Crippen molar-refractivity contribution in [1.29, 1.82) is 0 Å². The van der Waals surface area contributed by atoms with Gasteiger partial charge in [-0.2, -0.15) is 0 Å². The minimum atomic E-state index is -0.735. The molecule has 3 aromatic rings. The van der Waals surface area contributed by atoms with Crippen molar-refractivity contribution in [2.75, 3.05) is 13.1 Å². The lowest BCUT2D eigenvalue weighted by Gasteiger charge is -2.33. The van der Waals surface area contributed by atoms with Gasteiger partial charge < -0.3 is 9.80 Å². The first-order valence-electron chi connectivity index (χ1n) is 11.8. The molecule has 2 aliphatic rings. The summed E-state index contributed by atoms with van der Waals surface area (Å²) < 4.78 is 0. The van der Waals surface area contributed by atoms with E-state index >= 15 is 0 Å². The normalized spacial score (nSPS) is 17.6.